The highest BCUT2D eigenvalue weighted by molar-refractivity contribution is 5.82. The molecule has 0 bridgehead atoms. The first-order valence-corrected chi connectivity index (χ1v) is 10.8. The number of alkyl halides is 3. The van der Waals surface area contributed by atoms with Crippen molar-refractivity contribution >= 4 is 17.0 Å². The van der Waals surface area contributed by atoms with Gasteiger partial charge in [0.05, 0.1) is 23.0 Å². The molecule has 0 spiro atoms. The van der Waals surface area contributed by atoms with Crippen molar-refractivity contribution in [3.63, 3.8) is 0 Å². The summed E-state index contributed by atoms with van der Waals surface area (Å²) in [4.78, 5) is 22.7. The number of nitrogens with zero attached hydrogens (tertiary/aromatic N) is 5. The largest absolute Gasteiger partial charge is 0.417 e. The van der Waals surface area contributed by atoms with E-state index in [1.165, 1.54) is 0 Å². The second kappa shape index (κ2) is 8.91. The van der Waals surface area contributed by atoms with Crippen LogP contribution < -0.4 is 0 Å². The second-order valence-electron chi connectivity index (χ2n) is 8.58. The third-order valence-electron chi connectivity index (χ3n) is 5.92. The van der Waals surface area contributed by atoms with Crippen LogP contribution in [0.4, 0.5) is 13.2 Å². The van der Waals surface area contributed by atoms with Crippen molar-refractivity contribution in [2.24, 2.45) is 0 Å². The molecule has 172 valence electrons. The lowest BCUT2D eigenvalue weighted by Crippen LogP contribution is -2.39. The van der Waals surface area contributed by atoms with Gasteiger partial charge in [0.2, 0.25) is 5.91 Å². The summed E-state index contributed by atoms with van der Waals surface area (Å²) in [5, 5.41) is 3.92. The smallest absolute Gasteiger partial charge is 0.342 e. The number of imidazole rings is 1. The average Bonchev–Trinajstić information content (AvgIpc) is 3.42. The van der Waals surface area contributed by atoms with E-state index < -0.39 is 11.7 Å². The molecule has 10 heteroatoms. The van der Waals surface area contributed by atoms with E-state index in [1.807, 2.05) is 10.8 Å². The fourth-order valence-corrected chi connectivity index (χ4v) is 4.21. The summed E-state index contributed by atoms with van der Waals surface area (Å²) >= 11 is 0. The number of hydrogen-bond acceptors (Lipinski definition) is 5. The van der Waals surface area contributed by atoms with E-state index in [2.05, 4.69) is 15.1 Å². The number of likely N-dealkylation sites (tertiary alicyclic amines) is 1. The second-order valence-corrected chi connectivity index (χ2v) is 8.58. The highest BCUT2D eigenvalue weighted by atomic mass is 19.4. The minimum Gasteiger partial charge on any atom is -0.342 e. The summed E-state index contributed by atoms with van der Waals surface area (Å²) in [7, 11) is 0. The SMILES string of the molecule is CC(C)c1cc(C(F)(F)F)c2c([C@H]3CCCN(C(=O)CCCn4ccnc4)C3)noc2n1. The predicted molar refractivity (Wildman–Crippen MR) is 111 cm³/mol. The van der Waals surface area contributed by atoms with Gasteiger partial charge in [0.1, 0.15) is 0 Å². The summed E-state index contributed by atoms with van der Waals surface area (Å²) in [5.74, 6) is -0.506. The molecule has 1 aliphatic heterocycles. The minimum atomic E-state index is -4.55. The summed E-state index contributed by atoms with van der Waals surface area (Å²) in [5.41, 5.74) is -0.314. The third-order valence-corrected chi connectivity index (χ3v) is 5.92. The fraction of sp³-hybridized carbons (Fsp3) is 0.545. The van der Waals surface area contributed by atoms with E-state index in [-0.39, 0.29) is 34.5 Å². The molecule has 3 aromatic rings. The minimum absolute atomic E-state index is 0.00104. The van der Waals surface area contributed by atoms with Gasteiger partial charge in [0, 0.05) is 50.1 Å². The Balaban J connectivity index is 1.54. The molecule has 0 aromatic carbocycles. The van der Waals surface area contributed by atoms with E-state index in [0.29, 0.717) is 51.0 Å². The Morgan fingerprint density at radius 3 is 2.84 bits per heavy atom. The summed E-state index contributed by atoms with van der Waals surface area (Å²) in [6.45, 7) is 5.18. The van der Waals surface area contributed by atoms with Gasteiger partial charge in [-0.05, 0) is 31.2 Å². The lowest BCUT2D eigenvalue weighted by atomic mass is 9.91. The van der Waals surface area contributed by atoms with Crippen LogP contribution in [-0.2, 0) is 17.5 Å². The van der Waals surface area contributed by atoms with Crippen LogP contribution >= 0.6 is 0 Å². The molecule has 1 atom stereocenters. The van der Waals surface area contributed by atoms with Gasteiger partial charge >= 0.3 is 6.18 Å². The van der Waals surface area contributed by atoms with E-state index in [9.17, 15) is 18.0 Å². The number of amides is 1. The molecule has 32 heavy (non-hydrogen) atoms. The quantitative estimate of drug-likeness (QED) is 0.543. The fourth-order valence-electron chi connectivity index (χ4n) is 4.21. The van der Waals surface area contributed by atoms with E-state index in [0.717, 1.165) is 6.07 Å². The van der Waals surface area contributed by atoms with Crippen molar-refractivity contribution in [3.8, 4) is 0 Å². The monoisotopic (exact) mass is 449 g/mol. The highest BCUT2D eigenvalue weighted by Gasteiger charge is 2.38. The molecule has 4 rings (SSSR count). The van der Waals surface area contributed by atoms with Crippen molar-refractivity contribution in [2.75, 3.05) is 13.1 Å². The molecular weight excluding hydrogens is 423 g/mol. The first-order valence-electron chi connectivity index (χ1n) is 10.8. The molecule has 1 aliphatic rings. The number of carbonyl (C=O) groups is 1. The molecule has 0 unspecified atom stereocenters. The standard InChI is InChI=1S/C22H26F3N5O2/c1-14(2)17-11-16(22(23,24)25)19-20(28-32-21(19)27-17)15-5-3-9-30(12-15)18(31)6-4-8-29-10-7-26-13-29/h7,10-11,13-15H,3-6,8-9,12H2,1-2H3/t15-/m0/s1. The van der Waals surface area contributed by atoms with Gasteiger partial charge in [-0.1, -0.05) is 19.0 Å². The number of carbonyl (C=O) groups excluding carboxylic acids is 1. The summed E-state index contributed by atoms with van der Waals surface area (Å²) in [6, 6.07) is 1.09. The molecule has 0 N–H and O–H groups in total. The van der Waals surface area contributed by atoms with E-state index in [1.54, 1.807) is 31.3 Å². The lowest BCUT2D eigenvalue weighted by molar-refractivity contribution is -0.136. The Labute approximate surface area is 183 Å². The Bertz CT molecular complexity index is 1080. The highest BCUT2D eigenvalue weighted by Crippen LogP contribution is 2.40. The number of pyridine rings is 1. The van der Waals surface area contributed by atoms with E-state index >= 15 is 0 Å². The zero-order chi connectivity index (χ0) is 22.9. The number of aromatic nitrogens is 4. The van der Waals surface area contributed by atoms with Crippen molar-refractivity contribution in [2.45, 2.75) is 64.1 Å². The Hall–Kier alpha value is -2.91. The summed E-state index contributed by atoms with van der Waals surface area (Å²) < 4.78 is 48.8. The van der Waals surface area contributed by atoms with E-state index in [4.69, 9.17) is 4.52 Å². The molecule has 0 radical (unpaired) electrons. The van der Waals surface area contributed by atoms with Crippen molar-refractivity contribution in [3.05, 3.63) is 41.7 Å². The summed E-state index contributed by atoms with van der Waals surface area (Å²) in [6.07, 6.45) is 3.06. The topological polar surface area (TPSA) is 77.0 Å². The van der Waals surface area contributed by atoms with Crippen LogP contribution in [0.15, 0.2) is 29.3 Å². The molecule has 0 saturated carbocycles. The van der Waals surface area contributed by atoms with Gasteiger partial charge < -0.3 is 14.0 Å². The Kier molecular flexibility index (Phi) is 6.21. The van der Waals surface area contributed by atoms with Crippen LogP contribution in [0.5, 0.6) is 0 Å². The molecule has 1 amide bonds. The molecule has 1 saturated heterocycles. The van der Waals surface area contributed by atoms with Gasteiger partial charge in [-0.2, -0.15) is 13.2 Å². The van der Waals surface area contributed by atoms with Crippen molar-refractivity contribution in [1.29, 1.82) is 0 Å². The number of fused-ring (bicyclic) bond motifs is 1. The van der Waals surface area contributed by atoms with Gasteiger partial charge in [-0.15, -0.1) is 0 Å². The number of piperidine rings is 1. The molecular formula is C22H26F3N5O2. The number of aryl methyl sites for hydroxylation is 1. The van der Waals surface area contributed by atoms with Crippen LogP contribution in [-0.4, -0.2) is 43.6 Å². The maximum absolute atomic E-state index is 13.9. The number of rotatable bonds is 6. The third kappa shape index (κ3) is 4.63. The lowest BCUT2D eigenvalue weighted by Gasteiger charge is -2.32. The first-order chi connectivity index (χ1) is 15.2. The maximum Gasteiger partial charge on any atom is 0.417 e. The van der Waals surface area contributed by atoms with Crippen LogP contribution in [0.1, 0.15) is 68.3 Å². The molecule has 0 aliphatic carbocycles. The van der Waals surface area contributed by atoms with Crippen LogP contribution in [0, 0.1) is 0 Å². The zero-order valence-corrected chi connectivity index (χ0v) is 18.1. The van der Waals surface area contributed by atoms with Gasteiger partial charge in [-0.25, -0.2) is 9.97 Å². The number of halogens is 3. The van der Waals surface area contributed by atoms with Gasteiger partial charge in [-0.3, -0.25) is 4.79 Å². The van der Waals surface area contributed by atoms with Gasteiger partial charge in [0.25, 0.3) is 5.71 Å². The zero-order valence-electron chi connectivity index (χ0n) is 18.1. The van der Waals surface area contributed by atoms with Crippen molar-refractivity contribution in [1.82, 2.24) is 24.6 Å². The van der Waals surface area contributed by atoms with Crippen LogP contribution in [0.3, 0.4) is 0 Å². The average molecular weight is 449 g/mol. The van der Waals surface area contributed by atoms with Gasteiger partial charge in [0.15, 0.2) is 0 Å². The van der Waals surface area contributed by atoms with Crippen LogP contribution in [0.2, 0.25) is 0 Å². The number of hydrogen-bond donors (Lipinski definition) is 0. The predicted octanol–water partition coefficient (Wildman–Crippen LogP) is 4.75. The normalized spacial score (nSPS) is 17.4. The maximum atomic E-state index is 13.9. The first kappa shape index (κ1) is 22.3. The Morgan fingerprint density at radius 2 is 2.16 bits per heavy atom. The molecule has 7 nitrogen and oxygen atoms in total. The van der Waals surface area contributed by atoms with Crippen LogP contribution in [0.25, 0.3) is 11.1 Å². The van der Waals surface area contributed by atoms with Crippen molar-refractivity contribution < 1.29 is 22.5 Å². The molecule has 1 fully saturated rings. The Morgan fingerprint density at radius 1 is 1.34 bits per heavy atom. The molecule has 4 heterocycles. The molecule has 3 aromatic heterocycles.